The molecule has 0 saturated heterocycles. The molecule has 0 atom stereocenters. The molecule has 0 radical (unpaired) electrons. The van der Waals surface area contributed by atoms with E-state index in [-0.39, 0.29) is 12.2 Å². The summed E-state index contributed by atoms with van der Waals surface area (Å²) in [7, 11) is 0. The molecule has 0 unspecified atom stereocenters. The van der Waals surface area contributed by atoms with E-state index in [9.17, 15) is 9.59 Å². The molecule has 0 spiro atoms. The highest BCUT2D eigenvalue weighted by Gasteiger charge is 2.05. The lowest BCUT2D eigenvalue weighted by atomic mass is 10.4. The van der Waals surface area contributed by atoms with Gasteiger partial charge in [0.15, 0.2) is 0 Å². The summed E-state index contributed by atoms with van der Waals surface area (Å²) in [6.07, 6.45) is 1.46. The van der Waals surface area contributed by atoms with Gasteiger partial charge in [-0.15, -0.1) is 0 Å². The number of ether oxygens (including phenoxy) is 1. The normalized spacial score (nSPS) is 9.42. The standard InChI is InChI=1S/C8H8O4/c1-2-7(9)12-6-4-3-5-11-8(6)10/h3-5H,2H2,1H3. The van der Waals surface area contributed by atoms with Crippen LogP contribution in [-0.2, 0) is 4.79 Å². The molecule has 1 aromatic rings. The minimum absolute atomic E-state index is 0.0654. The van der Waals surface area contributed by atoms with Gasteiger partial charge in [0.05, 0.1) is 6.26 Å². The number of hydrogen-bond acceptors (Lipinski definition) is 4. The van der Waals surface area contributed by atoms with Crippen LogP contribution in [0.1, 0.15) is 13.3 Å². The van der Waals surface area contributed by atoms with E-state index in [1.807, 2.05) is 0 Å². The van der Waals surface area contributed by atoms with E-state index in [4.69, 9.17) is 0 Å². The molecule has 0 amide bonds. The number of carbonyl (C=O) groups excluding carboxylic acids is 1. The molecule has 4 nitrogen and oxygen atoms in total. The molecule has 0 fully saturated rings. The fourth-order valence-corrected chi connectivity index (χ4v) is 0.624. The first-order valence-corrected chi connectivity index (χ1v) is 3.52. The maximum absolute atomic E-state index is 10.8. The molecular formula is C8H8O4. The molecule has 0 aliphatic carbocycles. The lowest BCUT2D eigenvalue weighted by Crippen LogP contribution is -2.12. The molecule has 0 saturated carbocycles. The first kappa shape index (κ1) is 8.52. The van der Waals surface area contributed by atoms with Gasteiger partial charge in [0.25, 0.3) is 0 Å². The predicted molar refractivity (Wildman–Crippen MR) is 40.9 cm³/mol. The third-order valence-electron chi connectivity index (χ3n) is 1.21. The molecule has 0 aromatic carbocycles. The Morgan fingerprint density at radius 3 is 3.00 bits per heavy atom. The van der Waals surface area contributed by atoms with Crippen molar-refractivity contribution in [2.45, 2.75) is 13.3 Å². The number of hydrogen-bond donors (Lipinski definition) is 0. The zero-order chi connectivity index (χ0) is 8.97. The summed E-state index contributed by atoms with van der Waals surface area (Å²) < 4.78 is 9.12. The minimum atomic E-state index is -0.640. The molecule has 4 heteroatoms. The van der Waals surface area contributed by atoms with Crippen LogP contribution in [0.15, 0.2) is 27.6 Å². The van der Waals surface area contributed by atoms with Crippen molar-refractivity contribution in [3.8, 4) is 5.75 Å². The van der Waals surface area contributed by atoms with E-state index in [1.54, 1.807) is 6.92 Å². The summed E-state index contributed by atoms with van der Waals surface area (Å²) in [6, 6.07) is 2.87. The molecule has 0 N–H and O–H groups in total. The summed E-state index contributed by atoms with van der Waals surface area (Å²) in [5.41, 5.74) is -0.640. The van der Waals surface area contributed by atoms with E-state index in [1.165, 1.54) is 18.4 Å². The Labute approximate surface area is 68.8 Å². The number of esters is 1. The Bertz CT molecular complexity index is 326. The smallest absolute Gasteiger partial charge is 0.379 e. The van der Waals surface area contributed by atoms with Crippen molar-refractivity contribution in [2.75, 3.05) is 0 Å². The van der Waals surface area contributed by atoms with Gasteiger partial charge in [-0.1, -0.05) is 6.92 Å². The monoisotopic (exact) mass is 168 g/mol. The second kappa shape index (κ2) is 3.71. The Hall–Kier alpha value is -1.58. The van der Waals surface area contributed by atoms with Crippen molar-refractivity contribution in [3.63, 3.8) is 0 Å². The van der Waals surface area contributed by atoms with E-state index >= 15 is 0 Å². The topological polar surface area (TPSA) is 56.5 Å². The highest BCUT2D eigenvalue weighted by Crippen LogP contribution is 2.01. The van der Waals surface area contributed by atoms with Gasteiger partial charge < -0.3 is 9.15 Å². The molecule has 1 rings (SSSR count). The molecule has 0 aliphatic rings. The SMILES string of the molecule is CCC(=O)Oc1cccoc1=O. The van der Waals surface area contributed by atoms with Crippen molar-refractivity contribution < 1.29 is 13.9 Å². The van der Waals surface area contributed by atoms with Crippen LogP contribution < -0.4 is 10.4 Å². The van der Waals surface area contributed by atoms with Crippen LogP contribution in [0.2, 0.25) is 0 Å². The van der Waals surface area contributed by atoms with E-state index in [0.29, 0.717) is 0 Å². The molecule has 12 heavy (non-hydrogen) atoms. The Morgan fingerprint density at radius 1 is 1.67 bits per heavy atom. The van der Waals surface area contributed by atoms with Crippen molar-refractivity contribution in [3.05, 3.63) is 28.8 Å². The van der Waals surface area contributed by atoms with Crippen molar-refractivity contribution in [1.29, 1.82) is 0 Å². The Kier molecular flexibility index (Phi) is 2.63. The Morgan fingerprint density at radius 2 is 2.42 bits per heavy atom. The van der Waals surface area contributed by atoms with Crippen molar-refractivity contribution >= 4 is 5.97 Å². The number of carbonyl (C=O) groups is 1. The summed E-state index contributed by atoms with van der Waals surface area (Å²) in [5, 5.41) is 0. The van der Waals surface area contributed by atoms with Crippen LogP contribution in [0.4, 0.5) is 0 Å². The fourth-order valence-electron chi connectivity index (χ4n) is 0.624. The van der Waals surface area contributed by atoms with Crippen LogP contribution in [0.3, 0.4) is 0 Å². The largest absolute Gasteiger partial charge is 0.429 e. The van der Waals surface area contributed by atoms with Gasteiger partial charge in [-0.3, -0.25) is 4.79 Å². The summed E-state index contributed by atoms with van der Waals surface area (Å²) in [4.78, 5) is 21.6. The van der Waals surface area contributed by atoms with Crippen LogP contribution in [0.25, 0.3) is 0 Å². The lowest BCUT2D eigenvalue weighted by molar-refractivity contribution is -0.134. The molecule has 64 valence electrons. The van der Waals surface area contributed by atoms with Gasteiger partial charge in [0, 0.05) is 6.42 Å². The van der Waals surface area contributed by atoms with Crippen LogP contribution in [0, 0.1) is 0 Å². The van der Waals surface area contributed by atoms with E-state index in [2.05, 4.69) is 9.15 Å². The van der Waals surface area contributed by atoms with Gasteiger partial charge in [-0.05, 0) is 12.1 Å². The lowest BCUT2D eigenvalue weighted by Gasteiger charge is -1.98. The fraction of sp³-hybridized carbons (Fsp3) is 0.250. The third kappa shape index (κ3) is 1.95. The highest BCUT2D eigenvalue weighted by molar-refractivity contribution is 5.71. The zero-order valence-electron chi connectivity index (χ0n) is 6.57. The zero-order valence-corrected chi connectivity index (χ0v) is 6.57. The highest BCUT2D eigenvalue weighted by atomic mass is 16.5. The quantitative estimate of drug-likeness (QED) is 0.617. The average molecular weight is 168 g/mol. The number of rotatable bonds is 2. The predicted octanol–water partition coefficient (Wildman–Crippen LogP) is 0.955. The van der Waals surface area contributed by atoms with E-state index < -0.39 is 11.6 Å². The Balaban J connectivity index is 2.83. The second-order valence-electron chi connectivity index (χ2n) is 2.09. The summed E-state index contributed by atoms with van der Waals surface area (Å²) >= 11 is 0. The molecular weight excluding hydrogens is 160 g/mol. The van der Waals surface area contributed by atoms with Gasteiger partial charge in [-0.25, -0.2) is 4.79 Å². The maximum atomic E-state index is 10.8. The molecule has 0 bridgehead atoms. The second-order valence-corrected chi connectivity index (χ2v) is 2.09. The van der Waals surface area contributed by atoms with Gasteiger partial charge in [-0.2, -0.15) is 0 Å². The maximum Gasteiger partial charge on any atom is 0.379 e. The molecule has 0 aliphatic heterocycles. The third-order valence-corrected chi connectivity index (χ3v) is 1.21. The minimum Gasteiger partial charge on any atom is -0.429 e. The molecule has 1 aromatic heterocycles. The molecule has 1 heterocycles. The first-order chi connectivity index (χ1) is 5.74. The first-order valence-electron chi connectivity index (χ1n) is 3.52. The van der Waals surface area contributed by atoms with Gasteiger partial charge in [0.1, 0.15) is 0 Å². The van der Waals surface area contributed by atoms with Crippen LogP contribution in [-0.4, -0.2) is 5.97 Å². The van der Waals surface area contributed by atoms with Gasteiger partial charge >= 0.3 is 11.6 Å². The van der Waals surface area contributed by atoms with E-state index in [0.717, 1.165) is 0 Å². The average Bonchev–Trinajstić information content (AvgIpc) is 2.09. The summed E-state index contributed by atoms with van der Waals surface area (Å²) in [6.45, 7) is 1.65. The van der Waals surface area contributed by atoms with Crippen molar-refractivity contribution in [2.24, 2.45) is 0 Å². The van der Waals surface area contributed by atoms with Crippen LogP contribution >= 0.6 is 0 Å². The van der Waals surface area contributed by atoms with Gasteiger partial charge in [0.2, 0.25) is 5.75 Å². The van der Waals surface area contributed by atoms with Crippen LogP contribution in [0.5, 0.6) is 5.75 Å². The summed E-state index contributed by atoms with van der Waals surface area (Å²) in [5.74, 6) is -0.516. The van der Waals surface area contributed by atoms with Crippen molar-refractivity contribution in [1.82, 2.24) is 0 Å².